The zero-order valence-electron chi connectivity index (χ0n) is 11.6. The van der Waals surface area contributed by atoms with Crippen molar-refractivity contribution in [1.82, 2.24) is 0 Å². The highest BCUT2D eigenvalue weighted by molar-refractivity contribution is 7.09. The second-order valence-corrected chi connectivity index (χ2v) is 5.99. The third kappa shape index (κ3) is 3.24. The van der Waals surface area contributed by atoms with Gasteiger partial charge in [0.1, 0.15) is 6.29 Å². The Morgan fingerprint density at radius 1 is 1.32 bits per heavy atom. The lowest BCUT2D eigenvalue weighted by Crippen LogP contribution is -2.29. The van der Waals surface area contributed by atoms with Crippen LogP contribution in [0.5, 0.6) is 0 Å². The number of thiophene rings is 1. The van der Waals surface area contributed by atoms with E-state index in [1.807, 2.05) is 19.1 Å². The lowest BCUT2D eigenvalue weighted by atomic mass is 10.1. The fourth-order valence-electron chi connectivity index (χ4n) is 2.11. The molecular weight excluding hydrogens is 254 g/mol. The van der Waals surface area contributed by atoms with Crippen molar-refractivity contribution in [3.63, 3.8) is 0 Å². The molecule has 0 unspecified atom stereocenters. The van der Waals surface area contributed by atoms with Gasteiger partial charge in [-0.2, -0.15) is 0 Å². The zero-order valence-corrected chi connectivity index (χ0v) is 12.4. The number of nitrogens with zero attached hydrogens (tertiary/aromatic N) is 1. The first-order chi connectivity index (χ1) is 9.11. The predicted octanol–water partition coefficient (Wildman–Crippen LogP) is 4.28. The van der Waals surface area contributed by atoms with Gasteiger partial charge in [-0.1, -0.05) is 6.07 Å². The molecule has 2 aromatic rings. The normalized spacial score (nSPS) is 10.7. The highest BCUT2D eigenvalue weighted by atomic mass is 32.1. The highest BCUT2D eigenvalue weighted by Crippen LogP contribution is 2.24. The van der Waals surface area contributed by atoms with Crippen molar-refractivity contribution < 1.29 is 4.79 Å². The summed E-state index contributed by atoms with van der Waals surface area (Å²) < 4.78 is 0. The summed E-state index contributed by atoms with van der Waals surface area (Å²) in [5, 5.41) is 2.11. The van der Waals surface area contributed by atoms with E-state index in [9.17, 15) is 4.79 Å². The van der Waals surface area contributed by atoms with Crippen LogP contribution in [0.3, 0.4) is 0 Å². The number of aldehydes is 1. The number of rotatable bonds is 5. The molecule has 2 nitrogen and oxygen atoms in total. The van der Waals surface area contributed by atoms with Crippen molar-refractivity contribution in [2.75, 3.05) is 4.90 Å². The van der Waals surface area contributed by atoms with Gasteiger partial charge in [-0.15, -0.1) is 11.3 Å². The molecule has 0 aliphatic rings. The van der Waals surface area contributed by atoms with E-state index >= 15 is 0 Å². The molecule has 0 radical (unpaired) electrons. The van der Waals surface area contributed by atoms with E-state index in [1.54, 1.807) is 11.3 Å². The van der Waals surface area contributed by atoms with E-state index < -0.39 is 0 Å². The van der Waals surface area contributed by atoms with Gasteiger partial charge in [0.05, 0.1) is 6.54 Å². The largest absolute Gasteiger partial charge is 0.364 e. The molecule has 100 valence electrons. The van der Waals surface area contributed by atoms with Crippen molar-refractivity contribution in [3.8, 4) is 0 Å². The molecule has 0 saturated heterocycles. The van der Waals surface area contributed by atoms with Crippen LogP contribution in [0, 0.1) is 6.92 Å². The van der Waals surface area contributed by atoms with Crippen LogP contribution in [-0.4, -0.2) is 12.3 Å². The Kier molecular flexibility index (Phi) is 4.38. The Bertz CT molecular complexity index is 546. The number of benzene rings is 1. The first kappa shape index (κ1) is 13.8. The Hall–Kier alpha value is -1.61. The summed E-state index contributed by atoms with van der Waals surface area (Å²) in [6, 6.07) is 10.7. The number of carbonyl (C=O) groups excluding carboxylic acids is 1. The van der Waals surface area contributed by atoms with Gasteiger partial charge in [0.25, 0.3) is 0 Å². The molecular formula is C16H19NOS. The molecule has 0 aliphatic heterocycles. The molecule has 19 heavy (non-hydrogen) atoms. The minimum atomic E-state index is 0.420. The van der Waals surface area contributed by atoms with Gasteiger partial charge in [0.15, 0.2) is 0 Å². The topological polar surface area (TPSA) is 20.3 Å². The summed E-state index contributed by atoms with van der Waals surface area (Å²) in [6.07, 6.45) is 0.915. The van der Waals surface area contributed by atoms with Gasteiger partial charge in [-0.25, -0.2) is 0 Å². The maximum Gasteiger partial charge on any atom is 0.150 e. The average molecular weight is 273 g/mol. The van der Waals surface area contributed by atoms with Crippen LogP contribution >= 0.6 is 11.3 Å². The van der Waals surface area contributed by atoms with E-state index in [2.05, 4.69) is 42.3 Å². The van der Waals surface area contributed by atoms with Gasteiger partial charge in [-0.3, -0.25) is 4.79 Å². The molecule has 1 heterocycles. The average Bonchev–Trinajstić information content (AvgIpc) is 2.88. The molecule has 3 heteroatoms. The second-order valence-electron chi connectivity index (χ2n) is 4.96. The van der Waals surface area contributed by atoms with Crippen LogP contribution < -0.4 is 4.90 Å². The molecule has 2 rings (SSSR count). The van der Waals surface area contributed by atoms with E-state index in [0.29, 0.717) is 6.04 Å². The van der Waals surface area contributed by atoms with E-state index in [-0.39, 0.29) is 0 Å². The molecule has 0 amide bonds. The van der Waals surface area contributed by atoms with Crippen LogP contribution in [0.1, 0.15) is 34.6 Å². The van der Waals surface area contributed by atoms with E-state index in [0.717, 1.165) is 24.0 Å². The highest BCUT2D eigenvalue weighted by Gasteiger charge is 2.12. The monoisotopic (exact) mass is 273 g/mol. The fraction of sp³-hybridized carbons (Fsp3) is 0.312. The molecule has 0 atom stereocenters. The molecule has 1 aromatic heterocycles. The van der Waals surface area contributed by atoms with Crippen molar-refractivity contribution in [3.05, 3.63) is 51.7 Å². The van der Waals surface area contributed by atoms with Gasteiger partial charge >= 0.3 is 0 Å². The summed E-state index contributed by atoms with van der Waals surface area (Å²) in [7, 11) is 0. The first-order valence-corrected chi connectivity index (χ1v) is 7.34. The van der Waals surface area contributed by atoms with Crippen LogP contribution in [0.2, 0.25) is 0 Å². The number of hydrogen-bond acceptors (Lipinski definition) is 3. The third-order valence-corrected chi connectivity index (χ3v) is 4.10. The molecule has 0 bridgehead atoms. The number of aryl methyl sites for hydroxylation is 1. The lowest BCUT2D eigenvalue weighted by molar-refractivity contribution is 0.112. The Labute approximate surface area is 118 Å². The van der Waals surface area contributed by atoms with E-state index in [4.69, 9.17) is 0 Å². The van der Waals surface area contributed by atoms with Gasteiger partial charge in [0, 0.05) is 22.2 Å². The minimum absolute atomic E-state index is 0.420. The Morgan fingerprint density at radius 2 is 2.11 bits per heavy atom. The molecule has 1 aromatic carbocycles. The fourth-order valence-corrected chi connectivity index (χ4v) is 2.82. The lowest BCUT2D eigenvalue weighted by Gasteiger charge is -2.29. The molecule has 0 spiro atoms. The number of carbonyl (C=O) groups is 1. The molecule has 0 aliphatic carbocycles. The van der Waals surface area contributed by atoms with Crippen LogP contribution in [0.25, 0.3) is 0 Å². The standard InChI is InChI=1S/C16H19NOS/c1-12(2)17(10-16-5-4-8-19-16)15-7-6-14(11-18)13(3)9-15/h4-9,11-12H,10H2,1-3H3. The van der Waals surface area contributed by atoms with Crippen LogP contribution in [-0.2, 0) is 6.54 Å². The SMILES string of the molecule is Cc1cc(N(Cc2cccs2)C(C)C)ccc1C=O. The van der Waals surface area contributed by atoms with Crippen molar-refractivity contribution in [2.24, 2.45) is 0 Å². The summed E-state index contributed by atoms with van der Waals surface area (Å²) in [5.74, 6) is 0. The quantitative estimate of drug-likeness (QED) is 0.758. The summed E-state index contributed by atoms with van der Waals surface area (Å²) in [5.41, 5.74) is 2.97. The Morgan fingerprint density at radius 3 is 2.63 bits per heavy atom. The van der Waals surface area contributed by atoms with E-state index in [1.165, 1.54) is 10.6 Å². The number of anilines is 1. The van der Waals surface area contributed by atoms with Crippen LogP contribution in [0.4, 0.5) is 5.69 Å². The molecule has 0 fully saturated rings. The maximum atomic E-state index is 10.9. The first-order valence-electron chi connectivity index (χ1n) is 6.46. The predicted molar refractivity (Wildman–Crippen MR) is 82.2 cm³/mol. The van der Waals surface area contributed by atoms with Gasteiger partial charge < -0.3 is 4.90 Å². The summed E-state index contributed by atoms with van der Waals surface area (Å²) in [4.78, 5) is 14.6. The summed E-state index contributed by atoms with van der Waals surface area (Å²) in [6.45, 7) is 7.28. The Balaban J connectivity index is 2.28. The van der Waals surface area contributed by atoms with Gasteiger partial charge in [0.2, 0.25) is 0 Å². The minimum Gasteiger partial charge on any atom is -0.364 e. The third-order valence-electron chi connectivity index (χ3n) is 3.24. The number of hydrogen-bond donors (Lipinski definition) is 0. The van der Waals surface area contributed by atoms with Crippen LogP contribution in [0.15, 0.2) is 35.7 Å². The zero-order chi connectivity index (χ0) is 13.8. The molecule has 0 N–H and O–H groups in total. The van der Waals surface area contributed by atoms with Crippen molar-refractivity contribution >= 4 is 23.3 Å². The summed E-state index contributed by atoms with van der Waals surface area (Å²) >= 11 is 1.78. The van der Waals surface area contributed by atoms with Crippen molar-refractivity contribution in [2.45, 2.75) is 33.4 Å². The second kappa shape index (κ2) is 6.02. The van der Waals surface area contributed by atoms with Crippen molar-refractivity contribution in [1.29, 1.82) is 0 Å². The smallest absolute Gasteiger partial charge is 0.150 e. The van der Waals surface area contributed by atoms with Gasteiger partial charge in [-0.05, 0) is 56.0 Å². The molecule has 0 saturated carbocycles. The maximum absolute atomic E-state index is 10.9.